The second kappa shape index (κ2) is 5.70. The molecule has 1 atom stereocenters. The van der Waals surface area contributed by atoms with Crippen molar-refractivity contribution in [2.24, 2.45) is 0 Å². The number of nitrogens with zero attached hydrogens (tertiary/aromatic N) is 2. The van der Waals surface area contributed by atoms with Crippen LogP contribution < -0.4 is 10.2 Å². The van der Waals surface area contributed by atoms with E-state index in [2.05, 4.69) is 29.2 Å². The Kier molecular flexibility index (Phi) is 3.94. The number of nitrogens with one attached hydrogen (secondary N) is 1. The third-order valence-corrected chi connectivity index (χ3v) is 4.43. The smallest absolute Gasteiger partial charge is 0.123 e. The van der Waals surface area contributed by atoms with Gasteiger partial charge in [0.1, 0.15) is 5.82 Å². The van der Waals surface area contributed by atoms with E-state index >= 15 is 0 Å². The average Bonchev–Trinajstić information content (AvgIpc) is 3.11. The van der Waals surface area contributed by atoms with Crippen LogP contribution in [-0.2, 0) is 6.54 Å². The number of rotatable bonds is 5. The van der Waals surface area contributed by atoms with Crippen molar-refractivity contribution in [3.8, 4) is 0 Å². The summed E-state index contributed by atoms with van der Waals surface area (Å²) in [5.74, 6) is -0.135. The van der Waals surface area contributed by atoms with Crippen LogP contribution in [0.1, 0.15) is 24.8 Å². The summed E-state index contributed by atoms with van der Waals surface area (Å²) < 4.78 is 13.5. The summed E-state index contributed by atoms with van der Waals surface area (Å²) in [5.41, 5.74) is 2.29. The lowest BCUT2D eigenvalue weighted by molar-refractivity contribution is 0.315. The summed E-state index contributed by atoms with van der Waals surface area (Å²) in [4.78, 5) is 4.68. The van der Waals surface area contributed by atoms with E-state index in [1.807, 2.05) is 6.07 Å². The first-order valence-corrected chi connectivity index (χ1v) is 7.56. The molecule has 0 spiro atoms. The van der Waals surface area contributed by atoms with E-state index in [-0.39, 0.29) is 5.82 Å². The summed E-state index contributed by atoms with van der Waals surface area (Å²) in [6.07, 6.45) is 3.70. The molecular formula is C16H24FN3. The van der Waals surface area contributed by atoms with Crippen molar-refractivity contribution in [2.45, 2.75) is 37.9 Å². The zero-order valence-electron chi connectivity index (χ0n) is 12.4. The second-order valence-corrected chi connectivity index (χ2v) is 6.28. The molecule has 0 aromatic heterocycles. The largest absolute Gasteiger partial charge is 0.370 e. The van der Waals surface area contributed by atoms with E-state index in [0.29, 0.717) is 12.1 Å². The van der Waals surface area contributed by atoms with Crippen LogP contribution in [0.4, 0.5) is 10.1 Å². The first-order chi connectivity index (χ1) is 9.63. The number of halogens is 1. The average molecular weight is 277 g/mol. The van der Waals surface area contributed by atoms with Crippen LogP contribution in [0.2, 0.25) is 0 Å². The molecule has 2 fully saturated rings. The first-order valence-electron chi connectivity index (χ1n) is 7.56. The van der Waals surface area contributed by atoms with E-state index in [1.54, 1.807) is 12.1 Å². The Morgan fingerprint density at radius 2 is 2.10 bits per heavy atom. The minimum atomic E-state index is -0.135. The predicted octanol–water partition coefficient (Wildman–Crippen LogP) is 2.22. The van der Waals surface area contributed by atoms with Gasteiger partial charge in [-0.2, -0.15) is 0 Å². The molecule has 0 radical (unpaired) electrons. The van der Waals surface area contributed by atoms with Crippen molar-refractivity contribution in [3.63, 3.8) is 0 Å². The molecule has 2 aliphatic rings. The normalized spacial score (nSPS) is 22.8. The minimum Gasteiger partial charge on any atom is -0.370 e. The highest BCUT2D eigenvalue weighted by atomic mass is 19.1. The Morgan fingerprint density at radius 1 is 1.30 bits per heavy atom. The third-order valence-electron chi connectivity index (χ3n) is 4.43. The molecule has 1 heterocycles. The van der Waals surface area contributed by atoms with Crippen LogP contribution in [0.25, 0.3) is 0 Å². The molecule has 4 heteroatoms. The minimum absolute atomic E-state index is 0.135. The van der Waals surface area contributed by atoms with Gasteiger partial charge < -0.3 is 15.1 Å². The van der Waals surface area contributed by atoms with Crippen molar-refractivity contribution < 1.29 is 4.39 Å². The number of likely N-dealkylation sites (N-methyl/N-ethyl adjacent to an activating group) is 1. The van der Waals surface area contributed by atoms with E-state index < -0.39 is 0 Å². The standard InChI is InChI=1S/C16H24FN3/c1-19(2)15-7-8-20(11-15)16-6-3-13(17)9-12(16)10-18-14-4-5-14/h3,6,9,14-15,18H,4-5,7-8,10-11H2,1-2H3. The van der Waals surface area contributed by atoms with E-state index in [0.717, 1.165) is 25.2 Å². The summed E-state index contributed by atoms with van der Waals surface area (Å²) in [6, 6.07) is 6.47. The number of hydrogen-bond donors (Lipinski definition) is 1. The quantitative estimate of drug-likeness (QED) is 0.890. The van der Waals surface area contributed by atoms with Crippen molar-refractivity contribution in [1.29, 1.82) is 0 Å². The van der Waals surface area contributed by atoms with E-state index in [9.17, 15) is 4.39 Å². The first kappa shape index (κ1) is 13.8. The van der Waals surface area contributed by atoms with Crippen molar-refractivity contribution in [3.05, 3.63) is 29.6 Å². The van der Waals surface area contributed by atoms with Gasteiger partial charge in [0.25, 0.3) is 0 Å². The van der Waals surface area contributed by atoms with Gasteiger partial charge in [-0.05, 0) is 57.1 Å². The van der Waals surface area contributed by atoms with Gasteiger partial charge >= 0.3 is 0 Å². The number of anilines is 1. The molecule has 0 bridgehead atoms. The Morgan fingerprint density at radius 3 is 2.75 bits per heavy atom. The van der Waals surface area contributed by atoms with E-state index in [1.165, 1.54) is 24.9 Å². The van der Waals surface area contributed by atoms with Crippen LogP contribution in [0, 0.1) is 5.82 Å². The van der Waals surface area contributed by atoms with Gasteiger partial charge in [-0.25, -0.2) is 4.39 Å². The molecule has 1 saturated heterocycles. The van der Waals surface area contributed by atoms with Crippen molar-refractivity contribution in [2.75, 3.05) is 32.1 Å². The zero-order chi connectivity index (χ0) is 14.1. The van der Waals surface area contributed by atoms with Crippen molar-refractivity contribution >= 4 is 5.69 Å². The fourth-order valence-corrected chi connectivity index (χ4v) is 2.93. The molecule has 3 rings (SSSR count). The maximum atomic E-state index is 13.5. The van der Waals surface area contributed by atoms with Gasteiger partial charge in [-0.1, -0.05) is 0 Å². The Labute approximate surface area is 120 Å². The Balaban J connectivity index is 1.74. The Bertz CT molecular complexity index is 471. The maximum absolute atomic E-state index is 13.5. The summed E-state index contributed by atoms with van der Waals surface area (Å²) in [5, 5.41) is 3.49. The molecule has 1 aromatic carbocycles. The summed E-state index contributed by atoms with van der Waals surface area (Å²) in [6.45, 7) is 2.88. The molecule has 0 amide bonds. The third kappa shape index (κ3) is 3.13. The number of hydrogen-bond acceptors (Lipinski definition) is 3. The van der Waals surface area contributed by atoms with Crippen LogP contribution in [0.3, 0.4) is 0 Å². The molecule has 1 aromatic rings. The van der Waals surface area contributed by atoms with Gasteiger partial charge in [-0.15, -0.1) is 0 Å². The lowest BCUT2D eigenvalue weighted by Crippen LogP contribution is -2.32. The molecule has 3 nitrogen and oxygen atoms in total. The monoisotopic (exact) mass is 277 g/mol. The zero-order valence-corrected chi connectivity index (χ0v) is 12.4. The SMILES string of the molecule is CN(C)C1CCN(c2ccc(F)cc2CNC2CC2)C1. The summed E-state index contributed by atoms with van der Waals surface area (Å²) >= 11 is 0. The maximum Gasteiger partial charge on any atom is 0.123 e. The fourth-order valence-electron chi connectivity index (χ4n) is 2.93. The van der Waals surface area contributed by atoms with Gasteiger partial charge in [-0.3, -0.25) is 0 Å². The van der Waals surface area contributed by atoms with Crippen LogP contribution in [0.5, 0.6) is 0 Å². The highest BCUT2D eigenvalue weighted by molar-refractivity contribution is 5.55. The number of benzene rings is 1. The predicted molar refractivity (Wildman–Crippen MR) is 80.6 cm³/mol. The van der Waals surface area contributed by atoms with Gasteiger partial charge in [0.05, 0.1) is 0 Å². The van der Waals surface area contributed by atoms with Crippen molar-refractivity contribution in [1.82, 2.24) is 10.2 Å². The molecule has 1 aliphatic carbocycles. The Hall–Kier alpha value is -1.13. The van der Waals surface area contributed by atoms with Gasteiger partial charge in [0.2, 0.25) is 0 Å². The molecule has 1 N–H and O–H groups in total. The molecule has 1 aliphatic heterocycles. The lowest BCUT2D eigenvalue weighted by Gasteiger charge is -2.24. The lowest BCUT2D eigenvalue weighted by atomic mass is 10.1. The van der Waals surface area contributed by atoms with Gasteiger partial charge in [0.15, 0.2) is 0 Å². The molecule has 20 heavy (non-hydrogen) atoms. The van der Waals surface area contributed by atoms with Gasteiger partial charge in [0, 0.05) is 37.4 Å². The van der Waals surface area contributed by atoms with Crippen LogP contribution >= 0.6 is 0 Å². The van der Waals surface area contributed by atoms with E-state index in [4.69, 9.17) is 0 Å². The van der Waals surface area contributed by atoms with Crippen LogP contribution in [0.15, 0.2) is 18.2 Å². The van der Waals surface area contributed by atoms with Crippen LogP contribution in [-0.4, -0.2) is 44.2 Å². The molecule has 110 valence electrons. The highest BCUT2D eigenvalue weighted by Gasteiger charge is 2.26. The molecule has 1 unspecified atom stereocenters. The second-order valence-electron chi connectivity index (χ2n) is 6.28. The fraction of sp³-hybridized carbons (Fsp3) is 0.625. The topological polar surface area (TPSA) is 18.5 Å². The highest BCUT2D eigenvalue weighted by Crippen LogP contribution is 2.28. The summed E-state index contributed by atoms with van der Waals surface area (Å²) in [7, 11) is 4.27. The molecular weight excluding hydrogens is 253 g/mol. The molecule has 1 saturated carbocycles.